The molecule has 0 radical (unpaired) electrons. The zero-order valence-electron chi connectivity index (χ0n) is 14.3. The molecule has 0 saturated carbocycles. The lowest BCUT2D eigenvalue weighted by molar-refractivity contribution is -0.136. The van der Waals surface area contributed by atoms with Gasteiger partial charge in [0.2, 0.25) is 0 Å². The predicted octanol–water partition coefficient (Wildman–Crippen LogP) is 3.22. The molecule has 2 saturated heterocycles. The monoisotopic (exact) mass is 330 g/mol. The molecule has 1 aromatic rings. The van der Waals surface area contributed by atoms with Crippen molar-refractivity contribution in [1.29, 1.82) is 0 Å². The topological polar surface area (TPSA) is 50.8 Å². The van der Waals surface area contributed by atoms with Gasteiger partial charge in [-0.2, -0.15) is 0 Å². The molecule has 1 spiro atoms. The molecule has 2 aliphatic heterocycles. The van der Waals surface area contributed by atoms with Crippen LogP contribution in [0.2, 0.25) is 0 Å². The summed E-state index contributed by atoms with van der Waals surface area (Å²) < 4.78 is 11.6. The zero-order valence-corrected chi connectivity index (χ0v) is 14.3. The molecule has 2 atom stereocenters. The molecule has 2 amide bonds. The number of ether oxygens (including phenoxy) is 2. The van der Waals surface area contributed by atoms with Gasteiger partial charge in [-0.05, 0) is 31.4 Å². The number of nitrogens with one attached hydrogen (secondary N) is 1. The highest BCUT2D eigenvalue weighted by Crippen LogP contribution is 2.30. The fourth-order valence-corrected chi connectivity index (χ4v) is 3.50. The molecule has 130 valence electrons. The Labute approximate surface area is 143 Å². The number of allylic oxidation sites excluding steroid dienone is 1. The van der Waals surface area contributed by atoms with Crippen molar-refractivity contribution in [3.05, 3.63) is 42.5 Å². The summed E-state index contributed by atoms with van der Waals surface area (Å²) in [6.45, 7) is 8.23. The van der Waals surface area contributed by atoms with Crippen LogP contribution < -0.4 is 5.32 Å². The molecule has 1 aromatic carbocycles. The van der Waals surface area contributed by atoms with E-state index in [1.807, 2.05) is 42.2 Å². The number of carbonyl (C=O) groups excluding carboxylic acids is 1. The van der Waals surface area contributed by atoms with Gasteiger partial charge in [-0.3, -0.25) is 0 Å². The van der Waals surface area contributed by atoms with E-state index in [4.69, 9.17) is 9.47 Å². The molecular formula is C19H26N2O3. The van der Waals surface area contributed by atoms with Crippen molar-refractivity contribution >= 4 is 11.7 Å². The van der Waals surface area contributed by atoms with Gasteiger partial charge in [0.05, 0.1) is 19.3 Å². The third kappa shape index (κ3) is 3.79. The van der Waals surface area contributed by atoms with Crippen molar-refractivity contribution in [2.75, 3.05) is 31.6 Å². The highest BCUT2D eigenvalue weighted by atomic mass is 16.6. The summed E-state index contributed by atoms with van der Waals surface area (Å²) >= 11 is 0. The van der Waals surface area contributed by atoms with E-state index in [9.17, 15) is 4.79 Å². The number of hydrogen-bond donors (Lipinski definition) is 1. The van der Waals surface area contributed by atoms with Crippen LogP contribution in [0.3, 0.4) is 0 Å². The van der Waals surface area contributed by atoms with Gasteiger partial charge in [-0.25, -0.2) is 4.79 Å². The molecular weight excluding hydrogens is 304 g/mol. The number of anilines is 1. The number of urea groups is 1. The van der Waals surface area contributed by atoms with E-state index in [1.54, 1.807) is 0 Å². The molecule has 24 heavy (non-hydrogen) atoms. The lowest BCUT2D eigenvalue weighted by atomic mass is 9.99. The van der Waals surface area contributed by atoms with Crippen molar-refractivity contribution in [2.45, 2.75) is 37.9 Å². The second-order valence-electron chi connectivity index (χ2n) is 6.71. The first-order valence-electron chi connectivity index (χ1n) is 8.62. The second kappa shape index (κ2) is 7.36. The minimum Gasteiger partial charge on any atom is -0.378 e. The number of para-hydroxylation sites is 1. The summed E-state index contributed by atoms with van der Waals surface area (Å²) in [7, 11) is 0. The Bertz CT molecular complexity index is 596. The van der Waals surface area contributed by atoms with Crippen LogP contribution in [0.5, 0.6) is 0 Å². The third-order valence-corrected chi connectivity index (χ3v) is 4.64. The fraction of sp³-hybridized carbons (Fsp3) is 0.526. The van der Waals surface area contributed by atoms with E-state index in [1.165, 1.54) is 0 Å². The highest BCUT2D eigenvalue weighted by Gasteiger charge is 2.44. The average molecular weight is 330 g/mol. The molecule has 1 N–H and O–H groups in total. The lowest BCUT2D eigenvalue weighted by Crippen LogP contribution is -2.57. The Kier molecular flexibility index (Phi) is 5.21. The quantitative estimate of drug-likeness (QED) is 0.863. The van der Waals surface area contributed by atoms with Crippen molar-refractivity contribution < 1.29 is 14.3 Å². The van der Waals surface area contributed by atoms with Gasteiger partial charge in [0.15, 0.2) is 0 Å². The smallest absolute Gasteiger partial charge is 0.322 e. The number of morpholine rings is 1. The van der Waals surface area contributed by atoms with Crippen molar-refractivity contribution in [1.82, 2.24) is 4.90 Å². The largest absolute Gasteiger partial charge is 0.378 e. The molecule has 0 aromatic heterocycles. The molecule has 0 bridgehead atoms. The van der Waals surface area contributed by atoms with Gasteiger partial charge in [0, 0.05) is 25.3 Å². The van der Waals surface area contributed by atoms with Crippen LogP contribution >= 0.6 is 0 Å². The Morgan fingerprint density at radius 1 is 1.50 bits per heavy atom. The first-order chi connectivity index (χ1) is 11.6. The van der Waals surface area contributed by atoms with Crippen LogP contribution in [0.15, 0.2) is 36.9 Å². The molecule has 5 nitrogen and oxygen atoms in total. The third-order valence-electron chi connectivity index (χ3n) is 4.64. The summed E-state index contributed by atoms with van der Waals surface area (Å²) in [6.07, 6.45) is 4.52. The van der Waals surface area contributed by atoms with Crippen molar-refractivity contribution in [3.8, 4) is 0 Å². The Balaban J connectivity index is 1.69. The summed E-state index contributed by atoms with van der Waals surface area (Å²) in [4.78, 5) is 14.6. The number of nitrogens with zero attached hydrogens (tertiary/aromatic N) is 1. The summed E-state index contributed by atoms with van der Waals surface area (Å²) in [5.74, 6) is 0. The normalized spacial score (nSPS) is 26.5. The van der Waals surface area contributed by atoms with Crippen LogP contribution in [0.4, 0.5) is 10.5 Å². The van der Waals surface area contributed by atoms with Gasteiger partial charge in [-0.1, -0.05) is 24.3 Å². The molecule has 2 heterocycles. The molecule has 2 fully saturated rings. The average Bonchev–Trinajstić information content (AvgIpc) is 3.00. The van der Waals surface area contributed by atoms with E-state index in [0.29, 0.717) is 26.3 Å². The number of benzene rings is 1. The first kappa shape index (κ1) is 17.0. The number of hydrogen-bond acceptors (Lipinski definition) is 3. The Morgan fingerprint density at radius 3 is 3.08 bits per heavy atom. The minimum atomic E-state index is -0.336. The van der Waals surface area contributed by atoms with Gasteiger partial charge >= 0.3 is 6.03 Å². The first-order valence-corrected chi connectivity index (χ1v) is 8.62. The Hall–Kier alpha value is -1.85. The van der Waals surface area contributed by atoms with Crippen LogP contribution in [-0.4, -0.2) is 48.9 Å². The molecule has 2 aliphatic rings. The van der Waals surface area contributed by atoms with Crippen molar-refractivity contribution in [2.24, 2.45) is 0 Å². The van der Waals surface area contributed by atoms with E-state index in [2.05, 4.69) is 11.9 Å². The van der Waals surface area contributed by atoms with Crippen LogP contribution in [0.25, 0.3) is 0 Å². The van der Waals surface area contributed by atoms with Crippen LogP contribution in [0.1, 0.15) is 25.3 Å². The summed E-state index contributed by atoms with van der Waals surface area (Å²) in [5.41, 5.74) is 1.67. The predicted molar refractivity (Wildman–Crippen MR) is 94.3 cm³/mol. The molecule has 5 heteroatoms. The van der Waals surface area contributed by atoms with Crippen molar-refractivity contribution in [3.63, 3.8) is 0 Å². The lowest BCUT2D eigenvalue weighted by Gasteiger charge is -2.42. The van der Waals surface area contributed by atoms with E-state index in [0.717, 1.165) is 30.5 Å². The van der Waals surface area contributed by atoms with Crippen LogP contribution in [0, 0.1) is 0 Å². The number of rotatable bonds is 4. The van der Waals surface area contributed by atoms with Crippen LogP contribution in [-0.2, 0) is 15.9 Å². The minimum absolute atomic E-state index is 0.0159. The molecule has 0 aliphatic carbocycles. The van der Waals surface area contributed by atoms with E-state index in [-0.39, 0.29) is 17.7 Å². The summed E-state index contributed by atoms with van der Waals surface area (Å²) in [6, 6.07) is 7.88. The second-order valence-corrected chi connectivity index (χ2v) is 6.71. The van der Waals surface area contributed by atoms with Gasteiger partial charge < -0.3 is 19.7 Å². The maximum absolute atomic E-state index is 12.8. The van der Waals surface area contributed by atoms with E-state index >= 15 is 0 Å². The standard InChI is InChI=1S/C19H26N2O3/c1-3-4-7-16-8-5-6-9-17(16)20-18(22)21-12-15(2)24-19(13-21)10-11-23-14-19/h3,5-6,8-9,15H,1,4,7,10-14H2,2H3,(H,20,22)/t15-,19+/m0/s1. The number of carbonyl (C=O) groups is 1. The molecule has 0 unspecified atom stereocenters. The number of aryl methyl sites for hydroxylation is 1. The number of amides is 2. The zero-order chi connectivity index (χ0) is 17.0. The maximum atomic E-state index is 12.8. The maximum Gasteiger partial charge on any atom is 0.322 e. The molecule has 3 rings (SSSR count). The Morgan fingerprint density at radius 2 is 2.33 bits per heavy atom. The van der Waals surface area contributed by atoms with Gasteiger partial charge in [0.1, 0.15) is 5.60 Å². The SMILES string of the molecule is C=CCCc1ccccc1NC(=O)N1C[C@H](C)O[C@]2(CCOC2)C1. The highest BCUT2D eigenvalue weighted by molar-refractivity contribution is 5.90. The summed E-state index contributed by atoms with van der Waals surface area (Å²) in [5, 5.41) is 3.07. The van der Waals surface area contributed by atoms with E-state index < -0.39 is 0 Å². The van der Waals surface area contributed by atoms with Gasteiger partial charge in [0.25, 0.3) is 0 Å². The van der Waals surface area contributed by atoms with Gasteiger partial charge in [-0.15, -0.1) is 6.58 Å². The fourth-order valence-electron chi connectivity index (χ4n) is 3.50.